The van der Waals surface area contributed by atoms with E-state index in [1.54, 1.807) is 24.5 Å². The number of ether oxygens (including phenoxy) is 1. The number of phenols is 1. The van der Waals surface area contributed by atoms with Crippen molar-refractivity contribution in [2.75, 3.05) is 26.3 Å². The molecule has 0 unspecified atom stereocenters. The highest BCUT2D eigenvalue weighted by molar-refractivity contribution is 6.04. The van der Waals surface area contributed by atoms with Gasteiger partial charge in [0.15, 0.2) is 11.0 Å². The molecule has 1 aromatic carbocycles. The Labute approximate surface area is 159 Å². The first-order valence-electron chi connectivity index (χ1n) is 9.12. The largest absolute Gasteiger partial charge is 0.506 e. The first-order chi connectivity index (χ1) is 13.7. The molecule has 5 rings (SSSR count). The molecule has 3 aromatic heterocycles. The Bertz CT molecular complexity index is 1210. The summed E-state index contributed by atoms with van der Waals surface area (Å²) in [5, 5.41) is 11.4. The average Bonchev–Trinajstić information content (AvgIpc) is 3.22. The second kappa shape index (κ2) is 6.78. The highest BCUT2D eigenvalue weighted by Gasteiger charge is 2.23. The van der Waals surface area contributed by atoms with Crippen LogP contribution in [-0.4, -0.2) is 41.3 Å². The average molecular weight is 378 g/mol. The minimum absolute atomic E-state index is 0.115. The summed E-state index contributed by atoms with van der Waals surface area (Å²) < 4.78 is 17.2. The molecule has 0 bridgehead atoms. The second-order valence-corrected chi connectivity index (χ2v) is 6.80. The van der Waals surface area contributed by atoms with Crippen LogP contribution in [0, 0.1) is 0 Å². The van der Waals surface area contributed by atoms with E-state index in [4.69, 9.17) is 13.6 Å². The molecule has 0 amide bonds. The Hall–Kier alpha value is -3.16. The van der Waals surface area contributed by atoms with E-state index >= 15 is 0 Å². The molecule has 1 saturated heterocycles. The molecular weight excluding hydrogens is 360 g/mol. The van der Waals surface area contributed by atoms with Crippen molar-refractivity contribution in [3.63, 3.8) is 0 Å². The van der Waals surface area contributed by atoms with Gasteiger partial charge in [-0.2, -0.15) is 0 Å². The number of furan rings is 1. The van der Waals surface area contributed by atoms with E-state index in [0.29, 0.717) is 47.6 Å². The summed E-state index contributed by atoms with van der Waals surface area (Å²) in [6.07, 6.45) is 4.81. The van der Waals surface area contributed by atoms with Crippen LogP contribution in [0.3, 0.4) is 0 Å². The third kappa shape index (κ3) is 2.76. The van der Waals surface area contributed by atoms with E-state index in [9.17, 15) is 9.90 Å². The lowest BCUT2D eigenvalue weighted by Crippen LogP contribution is -2.35. The van der Waals surface area contributed by atoms with Crippen molar-refractivity contribution in [2.45, 2.75) is 6.54 Å². The van der Waals surface area contributed by atoms with Gasteiger partial charge in [0.1, 0.15) is 22.5 Å². The summed E-state index contributed by atoms with van der Waals surface area (Å²) >= 11 is 0. The monoisotopic (exact) mass is 378 g/mol. The van der Waals surface area contributed by atoms with Gasteiger partial charge in [0.2, 0.25) is 0 Å². The molecule has 0 aliphatic carbocycles. The SMILES string of the molecule is O=c1cc(-c2cccnc2)oc2c(CN3CCOCC3)c3occc3c(O)c12. The Kier molecular flexibility index (Phi) is 4.11. The molecule has 1 aliphatic rings. The number of aromatic hydroxyl groups is 1. The normalized spacial score (nSPS) is 15.4. The Morgan fingerprint density at radius 3 is 2.82 bits per heavy atom. The molecule has 7 heteroatoms. The van der Waals surface area contributed by atoms with E-state index in [0.717, 1.165) is 18.7 Å². The van der Waals surface area contributed by atoms with Crippen LogP contribution in [0.5, 0.6) is 5.75 Å². The number of hydrogen-bond donors (Lipinski definition) is 1. The van der Waals surface area contributed by atoms with Gasteiger partial charge >= 0.3 is 0 Å². The molecule has 0 spiro atoms. The quantitative estimate of drug-likeness (QED) is 0.586. The summed E-state index contributed by atoms with van der Waals surface area (Å²) in [5.74, 6) is 0.287. The molecule has 1 aliphatic heterocycles. The van der Waals surface area contributed by atoms with Gasteiger partial charge in [-0.3, -0.25) is 14.7 Å². The van der Waals surface area contributed by atoms with Gasteiger partial charge in [-0.1, -0.05) is 0 Å². The van der Waals surface area contributed by atoms with Gasteiger partial charge < -0.3 is 18.7 Å². The van der Waals surface area contributed by atoms with E-state index in [1.165, 1.54) is 12.3 Å². The zero-order valence-electron chi connectivity index (χ0n) is 15.1. The van der Waals surface area contributed by atoms with Gasteiger partial charge in [-0.05, 0) is 18.2 Å². The van der Waals surface area contributed by atoms with Crippen LogP contribution in [0.1, 0.15) is 5.56 Å². The minimum atomic E-state index is -0.302. The summed E-state index contributed by atoms with van der Waals surface area (Å²) in [6.45, 7) is 3.39. The van der Waals surface area contributed by atoms with Crippen LogP contribution in [0.25, 0.3) is 33.3 Å². The molecule has 0 saturated carbocycles. The van der Waals surface area contributed by atoms with E-state index in [2.05, 4.69) is 9.88 Å². The first kappa shape index (κ1) is 17.0. The fraction of sp³-hybridized carbons (Fsp3) is 0.238. The maximum absolute atomic E-state index is 12.9. The highest BCUT2D eigenvalue weighted by atomic mass is 16.5. The topological polar surface area (TPSA) is 88.9 Å². The summed E-state index contributed by atoms with van der Waals surface area (Å²) in [7, 11) is 0. The number of benzene rings is 1. The van der Waals surface area contributed by atoms with Crippen molar-refractivity contribution < 1.29 is 18.7 Å². The zero-order valence-corrected chi connectivity index (χ0v) is 15.1. The Morgan fingerprint density at radius 2 is 2.04 bits per heavy atom. The maximum Gasteiger partial charge on any atom is 0.197 e. The van der Waals surface area contributed by atoms with E-state index in [-0.39, 0.29) is 16.6 Å². The second-order valence-electron chi connectivity index (χ2n) is 6.80. The van der Waals surface area contributed by atoms with Crippen molar-refractivity contribution in [2.24, 2.45) is 0 Å². The third-order valence-corrected chi connectivity index (χ3v) is 5.08. The molecule has 0 radical (unpaired) electrons. The molecule has 4 aromatic rings. The Balaban J connectivity index is 1.78. The summed E-state index contributed by atoms with van der Waals surface area (Å²) in [4.78, 5) is 19.2. The predicted molar refractivity (Wildman–Crippen MR) is 103 cm³/mol. The van der Waals surface area contributed by atoms with Gasteiger partial charge in [0.25, 0.3) is 0 Å². The number of morpholine rings is 1. The highest BCUT2D eigenvalue weighted by Crippen LogP contribution is 2.38. The van der Waals surface area contributed by atoms with Crippen LogP contribution in [0.4, 0.5) is 0 Å². The molecule has 28 heavy (non-hydrogen) atoms. The minimum Gasteiger partial charge on any atom is -0.506 e. The molecule has 1 fully saturated rings. The number of hydrogen-bond acceptors (Lipinski definition) is 7. The number of rotatable bonds is 3. The lowest BCUT2D eigenvalue weighted by atomic mass is 10.0. The number of fused-ring (bicyclic) bond motifs is 2. The fourth-order valence-corrected chi connectivity index (χ4v) is 3.67. The van der Waals surface area contributed by atoms with Gasteiger partial charge in [0.05, 0.1) is 30.4 Å². The van der Waals surface area contributed by atoms with Gasteiger partial charge in [-0.25, -0.2) is 0 Å². The number of pyridine rings is 1. The van der Waals surface area contributed by atoms with Crippen molar-refractivity contribution in [1.29, 1.82) is 0 Å². The van der Waals surface area contributed by atoms with E-state index in [1.807, 2.05) is 6.07 Å². The van der Waals surface area contributed by atoms with Crippen molar-refractivity contribution in [3.05, 3.63) is 58.7 Å². The first-order valence-corrected chi connectivity index (χ1v) is 9.12. The van der Waals surface area contributed by atoms with Gasteiger partial charge in [0, 0.05) is 43.7 Å². The molecule has 4 heterocycles. The van der Waals surface area contributed by atoms with E-state index < -0.39 is 0 Å². The number of phenolic OH excluding ortho intramolecular Hbond substituents is 1. The smallest absolute Gasteiger partial charge is 0.197 e. The lowest BCUT2D eigenvalue weighted by Gasteiger charge is -2.26. The lowest BCUT2D eigenvalue weighted by molar-refractivity contribution is 0.0343. The number of nitrogens with zero attached hydrogens (tertiary/aromatic N) is 2. The zero-order chi connectivity index (χ0) is 19.1. The van der Waals surface area contributed by atoms with Gasteiger partial charge in [-0.15, -0.1) is 0 Å². The maximum atomic E-state index is 12.9. The molecule has 7 nitrogen and oxygen atoms in total. The third-order valence-electron chi connectivity index (χ3n) is 5.08. The summed E-state index contributed by atoms with van der Waals surface area (Å²) in [6, 6.07) is 6.66. The van der Waals surface area contributed by atoms with Crippen LogP contribution in [0.15, 0.2) is 56.6 Å². The van der Waals surface area contributed by atoms with Crippen molar-refractivity contribution >= 4 is 21.9 Å². The fourth-order valence-electron chi connectivity index (χ4n) is 3.67. The Morgan fingerprint density at radius 1 is 1.18 bits per heavy atom. The molecule has 1 N–H and O–H groups in total. The predicted octanol–water partition coefficient (Wildman–Crippen LogP) is 3.14. The van der Waals surface area contributed by atoms with Crippen molar-refractivity contribution in [1.82, 2.24) is 9.88 Å². The summed E-state index contributed by atoms with van der Waals surface area (Å²) in [5.41, 5.74) is 2.01. The standard InChI is InChI=1S/C21H18N2O5/c24-16-10-17(13-2-1-4-22-11-13)28-21-15(12-23-5-8-26-9-6-23)20-14(3-7-27-20)19(25)18(16)21/h1-4,7,10-11,25H,5-6,8-9,12H2. The molecule has 142 valence electrons. The van der Waals surface area contributed by atoms with Crippen LogP contribution >= 0.6 is 0 Å². The van der Waals surface area contributed by atoms with Crippen LogP contribution < -0.4 is 5.43 Å². The van der Waals surface area contributed by atoms with Crippen LogP contribution in [0.2, 0.25) is 0 Å². The number of aromatic nitrogens is 1. The molecular formula is C21H18N2O5. The van der Waals surface area contributed by atoms with Crippen molar-refractivity contribution in [3.8, 4) is 17.1 Å². The van der Waals surface area contributed by atoms with Crippen LogP contribution in [-0.2, 0) is 11.3 Å². The molecule has 0 atom stereocenters.